The van der Waals surface area contributed by atoms with E-state index >= 15 is 0 Å². The van der Waals surface area contributed by atoms with E-state index in [1.54, 1.807) is 98.1 Å². The van der Waals surface area contributed by atoms with Gasteiger partial charge in [-0.1, -0.05) is 0 Å². The molecule has 0 spiro atoms. The number of nitrogens with one attached hydrogen (secondary N) is 8. The average molecular weight is 1000 g/mol. The van der Waals surface area contributed by atoms with Gasteiger partial charge in [-0.15, -0.1) is 0 Å². The van der Waals surface area contributed by atoms with Gasteiger partial charge in [0.15, 0.2) is 0 Å². The van der Waals surface area contributed by atoms with Gasteiger partial charge in [0.05, 0.1) is 57.7 Å². The van der Waals surface area contributed by atoms with Crippen LogP contribution in [0.1, 0.15) is 51.4 Å². The molecule has 30 nitrogen and oxygen atoms in total. The molecule has 2 aliphatic rings. The third kappa shape index (κ3) is 31.8. The van der Waals surface area contributed by atoms with Gasteiger partial charge in [0.1, 0.15) is 0 Å². The number of anilines is 4. The Bertz CT molecular complexity index is 1650. The van der Waals surface area contributed by atoms with E-state index in [-0.39, 0.29) is 97.9 Å². The third-order valence-corrected chi connectivity index (χ3v) is 8.47. The van der Waals surface area contributed by atoms with Gasteiger partial charge in [0.25, 0.3) is 0 Å². The minimum Gasteiger partial charge on any atom is -0.457 e. The predicted octanol–water partition coefficient (Wildman–Crippen LogP) is -0.356. The van der Waals surface area contributed by atoms with Crippen molar-refractivity contribution in [2.24, 2.45) is 0 Å². The molecule has 67 heavy (non-hydrogen) atoms. The molecule has 4 heterocycles. The van der Waals surface area contributed by atoms with E-state index in [1.165, 1.54) is 0 Å². The van der Waals surface area contributed by atoms with Crippen LogP contribution in [0.15, 0.2) is 98.1 Å². The van der Waals surface area contributed by atoms with E-state index in [0.717, 1.165) is 51.4 Å². The number of rotatable bonds is 8. The van der Waals surface area contributed by atoms with Crippen LogP contribution in [0.25, 0.3) is 0 Å². The second kappa shape index (κ2) is 38.8. The summed E-state index contributed by atoms with van der Waals surface area (Å²) in [6, 6.07) is 13.7. The summed E-state index contributed by atoms with van der Waals surface area (Å²) in [5, 5.41) is 52.4. The van der Waals surface area contributed by atoms with Gasteiger partial charge >= 0.3 is 40.9 Å². The van der Waals surface area contributed by atoms with Crippen LogP contribution in [-0.4, -0.2) is 89.4 Å². The second-order valence-corrected chi connectivity index (χ2v) is 12.9. The number of amides is 8. The third-order valence-electron chi connectivity index (χ3n) is 8.47. The summed E-state index contributed by atoms with van der Waals surface area (Å²) in [6.45, 7) is 0. The zero-order chi connectivity index (χ0) is 43.5. The van der Waals surface area contributed by atoms with E-state index in [1.807, 2.05) is 0 Å². The molecule has 31 heteroatoms. The molecule has 0 unspecified atom stereocenters. The van der Waals surface area contributed by atoms with E-state index in [0.29, 0.717) is 22.7 Å². The Kier molecular flexibility index (Phi) is 39.6. The maximum Gasteiger partial charge on any atom is 2.00 e. The number of hydrogen-bond donors (Lipinski definition) is 8. The molecule has 4 aromatic heterocycles. The average Bonchev–Trinajstić information content (AvgIpc) is 3.21. The Hall–Kier alpha value is -7.65. The van der Waals surface area contributed by atoms with Crippen LogP contribution in [-0.2, 0) is 38.7 Å². The zero-order valence-corrected chi connectivity index (χ0v) is 36.7. The number of nitrogens with zero attached hydrogens (tertiary/aromatic N) is 6. The fourth-order valence-corrected chi connectivity index (χ4v) is 5.92. The molecule has 0 saturated heterocycles. The molecule has 2 aliphatic carbocycles. The molecule has 2 fully saturated rings. The zero-order valence-electron chi connectivity index (χ0n) is 35.6. The smallest absolute Gasteiger partial charge is 0.457 e. The topological polar surface area (TPSA) is 543 Å². The Morgan fingerprint density at radius 3 is 0.716 bits per heavy atom. The largest absolute Gasteiger partial charge is 2.00 e. The minimum absolute atomic E-state index is 0. The van der Waals surface area contributed by atoms with Crippen LogP contribution in [0.4, 0.5) is 41.9 Å². The molecule has 0 aliphatic heterocycles. The van der Waals surface area contributed by atoms with E-state index < -0.39 is 10.2 Å². The minimum atomic E-state index is -1.75. The van der Waals surface area contributed by atoms with Gasteiger partial charge in [-0.2, -0.15) is 0 Å². The van der Waals surface area contributed by atoms with Crippen molar-refractivity contribution in [3.8, 4) is 0 Å². The number of carbonyl (C=O) groups is 4. The molecule has 4 aromatic rings. The molecular formula is C36H60CoN14O16+4. The van der Waals surface area contributed by atoms with Crippen LogP contribution in [0.3, 0.4) is 0 Å². The van der Waals surface area contributed by atoms with Crippen molar-refractivity contribution < 1.29 is 79.0 Å². The Morgan fingerprint density at radius 1 is 0.418 bits per heavy atom. The van der Waals surface area contributed by atoms with Gasteiger partial charge < -0.3 is 106 Å². The van der Waals surface area contributed by atoms with Gasteiger partial charge in [-0.3, -0.25) is 19.9 Å². The molecule has 375 valence electrons. The maximum absolute atomic E-state index is 12.0. The first kappa shape index (κ1) is 68.4. The van der Waals surface area contributed by atoms with Crippen molar-refractivity contribution in [3.63, 3.8) is 0 Å². The number of pyridine rings is 4. The Balaban J connectivity index is -0.000000302. The summed E-state index contributed by atoms with van der Waals surface area (Å²) >= 11 is 0. The molecule has 0 aromatic carbocycles. The van der Waals surface area contributed by atoms with Gasteiger partial charge in [-0.25, -0.2) is 19.2 Å². The first-order valence-corrected chi connectivity index (χ1v) is 18.4. The normalized spacial score (nSPS) is 15.6. The summed E-state index contributed by atoms with van der Waals surface area (Å²) in [6.07, 6.45) is 19.6. The van der Waals surface area contributed by atoms with E-state index in [2.05, 4.69) is 62.5 Å². The van der Waals surface area contributed by atoms with E-state index in [9.17, 15) is 19.2 Å². The predicted molar refractivity (Wildman–Crippen MR) is 245 cm³/mol. The monoisotopic (exact) mass is 1000 g/mol. The van der Waals surface area contributed by atoms with Gasteiger partial charge in [0, 0.05) is 49.0 Å². The fraction of sp³-hybridized carbons (Fsp3) is 0.333. The van der Waals surface area contributed by atoms with Crippen molar-refractivity contribution >= 4 is 46.9 Å². The first-order chi connectivity index (χ1) is 28.8. The van der Waals surface area contributed by atoms with Crippen LogP contribution in [0.2, 0.25) is 0 Å². The first-order valence-electron chi connectivity index (χ1n) is 18.4. The van der Waals surface area contributed by atoms with Crippen LogP contribution in [0, 0.1) is 30.6 Å². The quantitative estimate of drug-likeness (QED) is 0.0636. The van der Waals surface area contributed by atoms with Gasteiger partial charge in [-0.05, 0) is 99.9 Å². The molecule has 2 saturated carbocycles. The Morgan fingerprint density at radius 2 is 0.582 bits per heavy atom. The summed E-state index contributed by atoms with van der Waals surface area (Å²) in [5.74, 6) is 0. The molecule has 0 bridgehead atoms. The SMILES string of the molecule is O.O.O=C(Nc1cccnc1)NC1CCC(NC(=O)Nc2cccnc2)CC1.O=C(Nc1cccnc1)NC1CCC(NC(=O)Nc2cccnc2)CC1.O=[N+]([O-])[O-].O=[N+]([O-])[O-].[Co+2].[OH3+].[OH3+].[OH3+].[OH3+]. The van der Waals surface area contributed by atoms with Crippen molar-refractivity contribution in [2.45, 2.75) is 75.5 Å². The number of urea groups is 4. The fourth-order valence-electron chi connectivity index (χ4n) is 5.92. The molecule has 8 amide bonds. The number of carbonyl (C=O) groups excluding carboxylic acids is 4. The second-order valence-electron chi connectivity index (χ2n) is 12.9. The Labute approximate surface area is 391 Å². The standard InChI is InChI=1S/2C18H22N6O2.Co.2NO3.6H2O/c2*25-17(23-15-3-1-9-19-11-15)21-13-5-7-14(8-6-13)22-18(26)24-16-4-2-10-20-12-16;;2*2-1(3)4;;;;;;/h2*1-4,9-14H,5-8H2,(H2,21,23,25)(H2,22,24,26);;;;6*1H2/q;;+2;2*-1;;;;;;/p+4. The van der Waals surface area contributed by atoms with Crippen molar-refractivity contribution in [2.75, 3.05) is 21.3 Å². The summed E-state index contributed by atoms with van der Waals surface area (Å²) < 4.78 is 0. The summed E-state index contributed by atoms with van der Waals surface area (Å²) in [4.78, 5) is 80.4. The summed E-state index contributed by atoms with van der Waals surface area (Å²) in [7, 11) is 0. The molecule has 1 radical (unpaired) electrons. The molecule has 24 N–H and O–H groups in total. The summed E-state index contributed by atoms with van der Waals surface area (Å²) in [5.41, 5.74) is 2.64. The molecule has 6 rings (SSSR count). The van der Waals surface area contributed by atoms with Crippen LogP contribution in [0.5, 0.6) is 0 Å². The van der Waals surface area contributed by atoms with Crippen molar-refractivity contribution in [1.29, 1.82) is 0 Å². The van der Waals surface area contributed by atoms with E-state index in [4.69, 9.17) is 30.6 Å². The number of hydrogen-bond acceptors (Lipinski definition) is 14. The van der Waals surface area contributed by atoms with Crippen molar-refractivity contribution in [3.05, 3.63) is 129 Å². The maximum atomic E-state index is 12.0. The van der Waals surface area contributed by atoms with Crippen molar-refractivity contribution in [1.82, 2.24) is 41.2 Å². The van der Waals surface area contributed by atoms with Gasteiger partial charge in [0.2, 0.25) is 0 Å². The van der Waals surface area contributed by atoms with Crippen LogP contribution >= 0.6 is 0 Å². The molecule has 0 atom stereocenters. The number of aromatic nitrogens is 4. The van der Waals surface area contributed by atoms with Crippen LogP contribution < -0.4 is 42.5 Å². The molecular weight excluding hydrogens is 943 g/mol.